The normalized spacial score (nSPS) is 11.4. The molecule has 0 aliphatic heterocycles. The van der Waals surface area contributed by atoms with E-state index in [1.165, 1.54) is 12.1 Å². The summed E-state index contributed by atoms with van der Waals surface area (Å²) < 4.78 is 15.0. The molecule has 0 aliphatic carbocycles. The average Bonchev–Trinajstić information content (AvgIpc) is 2.82. The number of rotatable bonds is 4. The van der Waals surface area contributed by atoms with Crippen molar-refractivity contribution in [2.45, 2.75) is 13.8 Å². The zero-order chi connectivity index (χ0) is 17.4. The number of fused-ring (bicyclic) bond motifs is 1. The van der Waals surface area contributed by atoms with Gasteiger partial charge in [-0.25, -0.2) is 9.37 Å². The zero-order valence-electron chi connectivity index (χ0n) is 13.6. The molecule has 2 heterocycles. The molecule has 0 bridgehead atoms. The highest BCUT2D eigenvalue weighted by Gasteiger charge is 2.18. The van der Waals surface area contributed by atoms with Gasteiger partial charge < -0.3 is 11.1 Å². The van der Waals surface area contributed by atoms with Crippen molar-refractivity contribution in [2.75, 3.05) is 17.6 Å². The monoisotopic (exact) mass is 348 g/mol. The van der Waals surface area contributed by atoms with E-state index >= 15 is 0 Å². The molecule has 3 aromatic rings. The molecule has 24 heavy (non-hydrogen) atoms. The van der Waals surface area contributed by atoms with Crippen LogP contribution in [-0.2, 0) is 7.05 Å². The van der Waals surface area contributed by atoms with Crippen LogP contribution in [-0.4, -0.2) is 26.3 Å². The number of aromatic nitrogens is 4. The van der Waals surface area contributed by atoms with Gasteiger partial charge in [-0.2, -0.15) is 10.1 Å². The number of aryl methyl sites for hydroxylation is 1. The number of anilines is 2. The SMILES string of the molecule is CC(C)CNc1nc(-c2ccc(F)c(Cl)c2)c2c(N)n(C)nc2n1. The Morgan fingerprint density at radius 1 is 1.33 bits per heavy atom. The molecule has 0 saturated carbocycles. The maximum Gasteiger partial charge on any atom is 0.225 e. The lowest BCUT2D eigenvalue weighted by molar-refractivity contribution is 0.628. The fraction of sp³-hybridized carbons (Fsp3) is 0.312. The topological polar surface area (TPSA) is 81.6 Å². The fourth-order valence-corrected chi connectivity index (χ4v) is 2.52. The average molecular weight is 349 g/mol. The van der Waals surface area contributed by atoms with Crippen LogP contribution in [0.1, 0.15) is 13.8 Å². The summed E-state index contributed by atoms with van der Waals surface area (Å²) in [5, 5.41) is 8.15. The van der Waals surface area contributed by atoms with Gasteiger partial charge in [0.15, 0.2) is 5.65 Å². The summed E-state index contributed by atoms with van der Waals surface area (Å²) in [6.45, 7) is 4.90. The van der Waals surface area contributed by atoms with Crippen molar-refractivity contribution < 1.29 is 4.39 Å². The van der Waals surface area contributed by atoms with E-state index in [0.29, 0.717) is 40.0 Å². The second-order valence-corrected chi connectivity index (χ2v) is 6.41. The highest BCUT2D eigenvalue weighted by atomic mass is 35.5. The second-order valence-electron chi connectivity index (χ2n) is 6.01. The van der Waals surface area contributed by atoms with Crippen LogP contribution in [0.2, 0.25) is 5.02 Å². The Morgan fingerprint density at radius 2 is 2.08 bits per heavy atom. The van der Waals surface area contributed by atoms with E-state index in [1.54, 1.807) is 17.8 Å². The lowest BCUT2D eigenvalue weighted by Crippen LogP contribution is -2.11. The molecule has 2 aromatic heterocycles. The first-order chi connectivity index (χ1) is 11.4. The summed E-state index contributed by atoms with van der Waals surface area (Å²) in [7, 11) is 1.74. The Bertz CT molecular complexity index is 905. The van der Waals surface area contributed by atoms with Crippen molar-refractivity contribution in [2.24, 2.45) is 13.0 Å². The summed E-state index contributed by atoms with van der Waals surface area (Å²) in [5.41, 5.74) is 7.81. The molecule has 3 rings (SSSR count). The van der Waals surface area contributed by atoms with E-state index in [0.717, 1.165) is 6.54 Å². The molecule has 0 amide bonds. The van der Waals surface area contributed by atoms with Gasteiger partial charge in [0.2, 0.25) is 5.95 Å². The van der Waals surface area contributed by atoms with Crippen LogP contribution in [0, 0.1) is 11.7 Å². The molecule has 1 aromatic carbocycles. The molecule has 0 spiro atoms. The first kappa shape index (κ1) is 16.4. The van der Waals surface area contributed by atoms with Crippen LogP contribution in [0.4, 0.5) is 16.2 Å². The van der Waals surface area contributed by atoms with Crippen LogP contribution < -0.4 is 11.1 Å². The van der Waals surface area contributed by atoms with Crippen LogP contribution >= 0.6 is 11.6 Å². The van der Waals surface area contributed by atoms with Crippen molar-refractivity contribution in [1.82, 2.24) is 19.7 Å². The third kappa shape index (κ3) is 2.99. The van der Waals surface area contributed by atoms with Crippen molar-refractivity contribution in [3.8, 4) is 11.3 Å². The molecule has 0 saturated heterocycles. The fourth-order valence-electron chi connectivity index (χ4n) is 2.34. The van der Waals surface area contributed by atoms with Gasteiger partial charge in [-0.05, 0) is 24.1 Å². The Labute approximate surface area is 143 Å². The first-order valence-electron chi connectivity index (χ1n) is 7.56. The molecular weight excluding hydrogens is 331 g/mol. The van der Waals surface area contributed by atoms with Crippen LogP contribution in [0.15, 0.2) is 18.2 Å². The van der Waals surface area contributed by atoms with E-state index in [2.05, 4.69) is 34.2 Å². The van der Waals surface area contributed by atoms with E-state index in [4.69, 9.17) is 17.3 Å². The molecular formula is C16H18ClFN6. The molecule has 3 N–H and O–H groups in total. The second kappa shape index (κ2) is 6.24. The highest BCUT2D eigenvalue weighted by molar-refractivity contribution is 6.31. The molecule has 0 aliphatic rings. The van der Waals surface area contributed by atoms with Gasteiger partial charge in [-0.1, -0.05) is 25.4 Å². The van der Waals surface area contributed by atoms with E-state index in [9.17, 15) is 4.39 Å². The number of nitrogens with zero attached hydrogens (tertiary/aromatic N) is 4. The van der Waals surface area contributed by atoms with Crippen molar-refractivity contribution in [3.63, 3.8) is 0 Å². The number of hydrogen-bond donors (Lipinski definition) is 2. The van der Waals surface area contributed by atoms with E-state index in [-0.39, 0.29) is 5.02 Å². The lowest BCUT2D eigenvalue weighted by Gasteiger charge is -2.10. The van der Waals surface area contributed by atoms with Crippen molar-refractivity contribution in [1.29, 1.82) is 0 Å². The Kier molecular flexibility index (Phi) is 4.28. The Balaban J connectivity index is 2.20. The van der Waals surface area contributed by atoms with E-state index < -0.39 is 5.82 Å². The minimum atomic E-state index is -0.483. The van der Waals surface area contributed by atoms with Gasteiger partial charge in [0.1, 0.15) is 11.6 Å². The van der Waals surface area contributed by atoms with E-state index in [1.807, 2.05) is 0 Å². The molecule has 0 radical (unpaired) electrons. The minimum Gasteiger partial charge on any atom is -0.383 e. The maximum absolute atomic E-state index is 13.5. The van der Waals surface area contributed by atoms with Crippen molar-refractivity contribution in [3.05, 3.63) is 29.0 Å². The summed E-state index contributed by atoms with van der Waals surface area (Å²) in [4.78, 5) is 8.97. The Morgan fingerprint density at radius 3 is 2.75 bits per heavy atom. The van der Waals surface area contributed by atoms with Crippen molar-refractivity contribution >= 4 is 34.4 Å². The van der Waals surface area contributed by atoms with Gasteiger partial charge >= 0.3 is 0 Å². The summed E-state index contributed by atoms with van der Waals surface area (Å²) >= 11 is 5.92. The molecule has 0 unspecified atom stereocenters. The minimum absolute atomic E-state index is 0.0263. The highest BCUT2D eigenvalue weighted by Crippen LogP contribution is 2.32. The lowest BCUT2D eigenvalue weighted by atomic mass is 10.1. The third-order valence-electron chi connectivity index (χ3n) is 3.60. The van der Waals surface area contributed by atoms with Gasteiger partial charge in [0.05, 0.1) is 16.1 Å². The molecule has 0 fully saturated rings. The predicted octanol–water partition coefficient (Wildman–Crippen LogP) is 3.47. The van der Waals surface area contributed by atoms with Crippen LogP contribution in [0.3, 0.4) is 0 Å². The standard InChI is InChI=1S/C16H18ClFN6/c1-8(2)7-20-16-21-13(9-4-5-11(18)10(17)6-9)12-14(19)24(3)23-15(12)22-16/h4-6,8H,7,19H2,1-3H3,(H,20,22,23). The number of hydrogen-bond acceptors (Lipinski definition) is 5. The van der Waals surface area contributed by atoms with Crippen LogP contribution in [0.25, 0.3) is 22.3 Å². The predicted molar refractivity (Wildman–Crippen MR) is 94.4 cm³/mol. The largest absolute Gasteiger partial charge is 0.383 e. The molecule has 0 atom stereocenters. The summed E-state index contributed by atoms with van der Waals surface area (Å²) in [5.74, 6) is 0.838. The Hall–Kier alpha value is -2.41. The quantitative estimate of drug-likeness (QED) is 0.754. The van der Waals surface area contributed by atoms with Gasteiger partial charge in [-0.15, -0.1) is 0 Å². The maximum atomic E-state index is 13.5. The number of benzene rings is 1. The summed E-state index contributed by atoms with van der Waals surface area (Å²) in [6.07, 6.45) is 0. The van der Waals surface area contributed by atoms with Gasteiger partial charge in [0.25, 0.3) is 0 Å². The van der Waals surface area contributed by atoms with Crippen LogP contribution in [0.5, 0.6) is 0 Å². The number of nitrogens with one attached hydrogen (secondary N) is 1. The third-order valence-corrected chi connectivity index (χ3v) is 3.89. The number of halogens is 2. The molecule has 8 heteroatoms. The van der Waals surface area contributed by atoms with Gasteiger partial charge in [-0.3, -0.25) is 4.68 Å². The molecule has 126 valence electrons. The smallest absolute Gasteiger partial charge is 0.225 e. The number of nitrogens with two attached hydrogens (primary N) is 1. The number of nitrogen functional groups attached to an aromatic ring is 1. The summed E-state index contributed by atoms with van der Waals surface area (Å²) in [6, 6.07) is 4.44. The first-order valence-corrected chi connectivity index (χ1v) is 7.94. The zero-order valence-corrected chi connectivity index (χ0v) is 14.4. The molecule has 6 nitrogen and oxygen atoms in total. The van der Waals surface area contributed by atoms with Gasteiger partial charge in [0, 0.05) is 19.2 Å².